The number of ketones is 1. The summed E-state index contributed by atoms with van der Waals surface area (Å²) in [7, 11) is 0. The maximum Gasteiger partial charge on any atom is 0.176 e. The largest absolute Gasteiger partial charge is 0.486 e. The fourth-order valence-electron chi connectivity index (χ4n) is 3.29. The van der Waals surface area contributed by atoms with Gasteiger partial charge in [-0.2, -0.15) is 0 Å². The molecule has 1 N–H and O–H groups in total. The van der Waals surface area contributed by atoms with Crippen molar-refractivity contribution in [2.45, 2.75) is 51.7 Å². The lowest BCUT2D eigenvalue weighted by molar-refractivity contribution is 0.0860. The Kier molecular flexibility index (Phi) is 4.67. The Labute approximate surface area is 132 Å². The van der Waals surface area contributed by atoms with Crippen molar-refractivity contribution in [2.75, 3.05) is 25.0 Å². The van der Waals surface area contributed by atoms with Gasteiger partial charge in [0.25, 0.3) is 0 Å². The van der Waals surface area contributed by atoms with Crippen molar-refractivity contribution in [1.82, 2.24) is 4.90 Å². The van der Waals surface area contributed by atoms with Gasteiger partial charge in [0.05, 0.1) is 18.8 Å². The van der Waals surface area contributed by atoms with E-state index in [1.54, 1.807) is 0 Å². The number of nitrogens with one attached hydrogen (secondary N) is 1. The minimum Gasteiger partial charge on any atom is -0.486 e. The summed E-state index contributed by atoms with van der Waals surface area (Å²) in [4.78, 5) is 14.9. The summed E-state index contributed by atoms with van der Waals surface area (Å²) in [5.41, 5.74) is 1.73. The Morgan fingerprint density at radius 3 is 3.05 bits per heavy atom. The molecule has 0 aromatic heterocycles. The van der Waals surface area contributed by atoms with Crippen molar-refractivity contribution in [3.05, 3.63) is 23.8 Å². The van der Waals surface area contributed by atoms with E-state index in [2.05, 4.69) is 24.1 Å². The second kappa shape index (κ2) is 6.69. The SMILES string of the molecule is CCC1CNc2cc(C(=O)CN3CCCCC3C)ccc2O1. The number of carbonyl (C=O) groups is 1. The standard InChI is InChI=1S/C18H26N2O2/c1-3-15-11-19-16-10-14(7-8-18(16)22-15)17(21)12-20-9-5-4-6-13(20)2/h7-8,10,13,15,19H,3-6,9,11-12H2,1-2H3. The number of hydrogen-bond acceptors (Lipinski definition) is 4. The Hall–Kier alpha value is -1.55. The van der Waals surface area contributed by atoms with E-state index in [-0.39, 0.29) is 11.9 Å². The average molecular weight is 302 g/mol. The van der Waals surface area contributed by atoms with Gasteiger partial charge in [0.2, 0.25) is 0 Å². The number of carbonyl (C=O) groups excluding carboxylic acids is 1. The van der Waals surface area contributed by atoms with Gasteiger partial charge in [0.1, 0.15) is 11.9 Å². The number of nitrogens with zero attached hydrogens (tertiary/aromatic N) is 1. The monoisotopic (exact) mass is 302 g/mol. The van der Waals surface area contributed by atoms with E-state index in [4.69, 9.17) is 4.74 Å². The highest BCUT2D eigenvalue weighted by molar-refractivity contribution is 5.98. The molecule has 2 aliphatic rings. The van der Waals surface area contributed by atoms with E-state index in [1.807, 2.05) is 18.2 Å². The number of likely N-dealkylation sites (tertiary alicyclic amines) is 1. The van der Waals surface area contributed by atoms with Crippen LogP contribution in [0.15, 0.2) is 18.2 Å². The molecule has 0 bridgehead atoms. The molecule has 2 atom stereocenters. The Bertz CT molecular complexity index is 544. The van der Waals surface area contributed by atoms with Crippen molar-refractivity contribution in [3.8, 4) is 5.75 Å². The third-order valence-electron chi connectivity index (χ3n) is 4.86. The normalized spacial score (nSPS) is 25.0. The van der Waals surface area contributed by atoms with Crippen molar-refractivity contribution >= 4 is 11.5 Å². The minimum absolute atomic E-state index is 0.205. The Morgan fingerprint density at radius 2 is 2.27 bits per heavy atom. The lowest BCUT2D eigenvalue weighted by Crippen LogP contribution is -2.40. The van der Waals surface area contributed by atoms with Crippen LogP contribution in [0.5, 0.6) is 5.75 Å². The zero-order chi connectivity index (χ0) is 15.5. The predicted octanol–water partition coefficient (Wildman–Crippen LogP) is 3.33. The van der Waals surface area contributed by atoms with E-state index in [0.29, 0.717) is 12.6 Å². The smallest absolute Gasteiger partial charge is 0.176 e. The summed E-state index contributed by atoms with van der Waals surface area (Å²) in [6.07, 6.45) is 4.90. The number of Topliss-reactive ketones (excluding diaryl/α,β-unsaturated/α-hetero) is 1. The highest BCUT2D eigenvalue weighted by Crippen LogP contribution is 2.31. The van der Waals surface area contributed by atoms with Gasteiger partial charge in [-0.25, -0.2) is 0 Å². The topological polar surface area (TPSA) is 41.6 Å². The molecule has 0 amide bonds. The molecule has 120 valence electrons. The fraction of sp³-hybridized carbons (Fsp3) is 0.611. The molecule has 3 rings (SSSR count). The summed E-state index contributed by atoms with van der Waals surface area (Å²) >= 11 is 0. The first-order valence-corrected chi connectivity index (χ1v) is 8.49. The van der Waals surface area contributed by atoms with Gasteiger partial charge in [0, 0.05) is 11.6 Å². The molecular weight excluding hydrogens is 276 g/mol. The van der Waals surface area contributed by atoms with Crippen molar-refractivity contribution in [2.24, 2.45) is 0 Å². The Morgan fingerprint density at radius 1 is 1.41 bits per heavy atom. The summed E-state index contributed by atoms with van der Waals surface area (Å²) < 4.78 is 5.90. The number of ether oxygens (including phenoxy) is 1. The van der Waals surface area contributed by atoms with Crippen LogP contribution in [0.3, 0.4) is 0 Å². The van der Waals surface area contributed by atoms with Crippen LogP contribution in [0.4, 0.5) is 5.69 Å². The van der Waals surface area contributed by atoms with E-state index in [0.717, 1.165) is 36.5 Å². The van der Waals surface area contributed by atoms with Crippen LogP contribution in [0.25, 0.3) is 0 Å². The van der Waals surface area contributed by atoms with E-state index in [9.17, 15) is 4.79 Å². The number of piperidine rings is 1. The van der Waals surface area contributed by atoms with E-state index >= 15 is 0 Å². The maximum absolute atomic E-state index is 12.6. The second-order valence-electron chi connectivity index (χ2n) is 6.48. The fourth-order valence-corrected chi connectivity index (χ4v) is 3.29. The van der Waals surface area contributed by atoms with Crippen LogP contribution >= 0.6 is 0 Å². The first kappa shape index (κ1) is 15.3. The first-order chi connectivity index (χ1) is 10.7. The summed E-state index contributed by atoms with van der Waals surface area (Å²) in [6, 6.07) is 6.28. The molecule has 0 saturated carbocycles. The molecule has 2 aliphatic heterocycles. The van der Waals surface area contributed by atoms with E-state index in [1.165, 1.54) is 19.3 Å². The zero-order valence-corrected chi connectivity index (χ0v) is 13.6. The third-order valence-corrected chi connectivity index (χ3v) is 4.86. The van der Waals surface area contributed by atoms with Crippen LogP contribution in [0.1, 0.15) is 49.9 Å². The van der Waals surface area contributed by atoms with Crippen LogP contribution in [0, 0.1) is 0 Å². The van der Waals surface area contributed by atoms with Crippen molar-refractivity contribution < 1.29 is 9.53 Å². The van der Waals surface area contributed by atoms with Crippen molar-refractivity contribution in [1.29, 1.82) is 0 Å². The first-order valence-electron chi connectivity index (χ1n) is 8.49. The molecule has 0 aliphatic carbocycles. The molecule has 0 spiro atoms. The molecule has 1 aromatic carbocycles. The lowest BCUT2D eigenvalue weighted by Gasteiger charge is -2.32. The number of hydrogen-bond donors (Lipinski definition) is 1. The molecule has 1 fully saturated rings. The second-order valence-corrected chi connectivity index (χ2v) is 6.48. The highest BCUT2D eigenvalue weighted by Gasteiger charge is 2.23. The summed E-state index contributed by atoms with van der Waals surface area (Å²) in [5.74, 6) is 1.07. The molecule has 2 unspecified atom stereocenters. The van der Waals surface area contributed by atoms with Gasteiger partial charge in [0.15, 0.2) is 5.78 Å². The van der Waals surface area contributed by atoms with Gasteiger partial charge in [-0.1, -0.05) is 13.3 Å². The van der Waals surface area contributed by atoms with Gasteiger partial charge in [-0.05, 0) is 50.9 Å². The van der Waals surface area contributed by atoms with Crippen LogP contribution < -0.4 is 10.1 Å². The number of rotatable bonds is 4. The van der Waals surface area contributed by atoms with Gasteiger partial charge in [-0.15, -0.1) is 0 Å². The summed E-state index contributed by atoms with van der Waals surface area (Å²) in [6.45, 7) is 6.72. The zero-order valence-electron chi connectivity index (χ0n) is 13.6. The van der Waals surface area contributed by atoms with Gasteiger partial charge >= 0.3 is 0 Å². The molecule has 0 radical (unpaired) electrons. The molecular formula is C18H26N2O2. The predicted molar refractivity (Wildman–Crippen MR) is 88.9 cm³/mol. The highest BCUT2D eigenvalue weighted by atomic mass is 16.5. The molecule has 4 nitrogen and oxygen atoms in total. The molecule has 1 aromatic rings. The average Bonchev–Trinajstić information content (AvgIpc) is 2.56. The van der Waals surface area contributed by atoms with E-state index < -0.39 is 0 Å². The molecule has 2 heterocycles. The number of benzene rings is 1. The third kappa shape index (κ3) is 3.27. The molecule has 4 heteroatoms. The quantitative estimate of drug-likeness (QED) is 0.866. The van der Waals surface area contributed by atoms with Crippen molar-refractivity contribution in [3.63, 3.8) is 0 Å². The number of fused-ring (bicyclic) bond motifs is 1. The van der Waals surface area contributed by atoms with Crippen LogP contribution in [-0.2, 0) is 0 Å². The van der Waals surface area contributed by atoms with Gasteiger partial charge in [-0.3, -0.25) is 9.69 Å². The molecule has 22 heavy (non-hydrogen) atoms. The van der Waals surface area contributed by atoms with Crippen LogP contribution in [-0.4, -0.2) is 42.5 Å². The maximum atomic E-state index is 12.6. The lowest BCUT2D eigenvalue weighted by atomic mass is 10.0. The Balaban J connectivity index is 1.68. The van der Waals surface area contributed by atoms with Crippen LogP contribution in [0.2, 0.25) is 0 Å². The van der Waals surface area contributed by atoms with Gasteiger partial charge < -0.3 is 10.1 Å². The molecule has 1 saturated heterocycles. The summed E-state index contributed by atoms with van der Waals surface area (Å²) in [5, 5.41) is 3.38. The number of anilines is 1. The minimum atomic E-state index is 0.205.